The molecule has 1 fully saturated rings. The molecule has 5 heteroatoms. The predicted octanol–water partition coefficient (Wildman–Crippen LogP) is 2.63. The van der Waals surface area contributed by atoms with E-state index >= 15 is 0 Å². The molecule has 1 aliphatic heterocycles. The van der Waals surface area contributed by atoms with Crippen molar-refractivity contribution in [1.82, 2.24) is 9.80 Å². The molecule has 0 aromatic heterocycles. The SMILES string of the molecule is CCN1CCN(C(CN)c2ccc(Cl)c(Cl)c2)CC1. The van der Waals surface area contributed by atoms with Gasteiger partial charge in [-0.15, -0.1) is 0 Å². The Morgan fingerprint density at radius 2 is 1.84 bits per heavy atom. The number of nitrogens with zero attached hydrogens (tertiary/aromatic N) is 2. The van der Waals surface area contributed by atoms with Crippen LogP contribution in [0, 0.1) is 0 Å². The first kappa shape index (κ1) is 15.1. The quantitative estimate of drug-likeness (QED) is 0.928. The van der Waals surface area contributed by atoms with Gasteiger partial charge < -0.3 is 10.6 Å². The first-order valence-corrected chi connectivity index (χ1v) is 7.52. The van der Waals surface area contributed by atoms with E-state index in [2.05, 4.69) is 16.7 Å². The van der Waals surface area contributed by atoms with Gasteiger partial charge in [-0.2, -0.15) is 0 Å². The second-order valence-electron chi connectivity index (χ2n) is 4.90. The summed E-state index contributed by atoms with van der Waals surface area (Å²) in [5, 5.41) is 1.20. The molecule has 2 N–H and O–H groups in total. The lowest BCUT2D eigenvalue weighted by atomic mass is 10.0. The van der Waals surface area contributed by atoms with Gasteiger partial charge in [0.1, 0.15) is 0 Å². The summed E-state index contributed by atoms with van der Waals surface area (Å²) in [6.45, 7) is 8.24. The summed E-state index contributed by atoms with van der Waals surface area (Å²) < 4.78 is 0. The minimum Gasteiger partial charge on any atom is -0.329 e. The lowest BCUT2D eigenvalue weighted by Crippen LogP contribution is -2.48. The Bertz CT molecular complexity index is 417. The van der Waals surface area contributed by atoms with Gasteiger partial charge in [0, 0.05) is 38.8 Å². The number of hydrogen-bond donors (Lipinski definition) is 1. The van der Waals surface area contributed by atoms with E-state index in [1.807, 2.05) is 18.2 Å². The van der Waals surface area contributed by atoms with Crippen LogP contribution in [-0.4, -0.2) is 49.1 Å². The highest BCUT2D eigenvalue weighted by Gasteiger charge is 2.23. The molecule has 1 unspecified atom stereocenters. The molecule has 19 heavy (non-hydrogen) atoms. The summed E-state index contributed by atoms with van der Waals surface area (Å²) in [6, 6.07) is 6.05. The van der Waals surface area contributed by atoms with Crippen molar-refractivity contribution in [3.05, 3.63) is 33.8 Å². The van der Waals surface area contributed by atoms with Gasteiger partial charge in [0.25, 0.3) is 0 Å². The van der Waals surface area contributed by atoms with Crippen LogP contribution < -0.4 is 5.73 Å². The number of likely N-dealkylation sites (N-methyl/N-ethyl adjacent to an activating group) is 1. The Balaban J connectivity index is 2.09. The highest BCUT2D eigenvalue weighted by atomic mass is 35.5. The van der Waals surface area contributed by atoms with Crippen molar-refractivity contribution in [2.75, 3.05) is 39.3 Å². The molecule has 2 rings (SSSR count). The van der Waals surface area contributed by atoms with E-state index in [-0.39, 0.29) is 6.04 Å². The number of benzene rings is 1. The van der Waals surface area contributed by atoms with E-state index in [0.717, 1.165) is 38.3 Å². The summed E-state index contributed by atoms with van der Waals surface area (Å²) in [4.78, 5) is 4.89. The first-order valence-electron chi connectivity index (χ1n) is 6.77. The average molecular weight is 302 g/mol. The molecule has 1 heterocycles. The van der Waals surface area contributed by atoms with Crippen LogP contribution >= 0.6 is 23.2 Å². The zero-order chi connectivity index (χ0) is 13.8. The summed E-state index contributed by atoms with van der Waals surface area (Å²) >= 11 is 12.1. The molecule has 1 saturated heterocycles. The lowest BCUT2D eigenvalue weighted by molar-refractivity contribution is 0.102. The van der Waals surface area contributed by atoms with Crippen molar-refractivity contribution >= 4 is 23.2 Å². The molecular formula is C14H21Cl2N3. The van der Waals surface area contributed by atoms with E-state index < -0.39 is 0 Å². The van der Waals surface area contributed by atoms with Crippen LogP contribution in [-0.2, 0) is 0 Å². The number of piperazine rings is 1. The van der Waals surface area contributed by atoms with Crippen LogP contribution in [0.25, 0.3) is 0 Å². The molecule has 1 aliphatic rings. The minimum atomic E-state index is 0.230. The highest BCUT2D eigenvalue weighted by molar-refractivity contribution is 6.42. The Morgan fingerprint density at radius 1 is 1.16 bits per heavy atom. The lowest BCUT2D eigenvalue weighted by Gasteiger charge is -2.38. The Labute approximate surface area is 125 Å². The fourth-order valence-corrected chi connectivity index (χ4v) is 2.91. The average Bonchev–Trinajstić information content (AvgIpc) is 2.44. The minimum absolute atomic E-state index is 0.230. The van der Waals surface area contributed by atoms with Gasteiger partial charge in [0.2, 0.25) is 0 Å². The first-order chi connectivity index (χ1) is 9.15. The van der Waals surface area contributed by atoms with Crippen molar-refractivity contribution in [2.45, 2.75) is 13.0 Å². The summed E-state index contributed by atoms with van der Waals surface area (Å²) in [5.41, 5.74) is 7.11. The second-order valence-corrected chi connectivity index (χ2v) is 5.71. The van der Waals surface area contributed by atoms with Gasteiger partial charge >= 0.3 is 0 Å². The van der Waals surface area contributed by atoms with Gasteiger partial charge in [-0.25, -0.2) is 0 Å². The molecule has 0 amide bonds. The van der Waals surface area contributed by atoms with Crippen LogP contribution in [0.1, 0.15) is 18.5 Å². The van der Waals surface area contributed by atoms with E-state index in [4.69, 9.17) is 28.9 Å². The molecule has 0 bridgehead atoms. The molecule has 0 aliphatic carbocycles. The molecule has 1 aromatic rings. The number of nitrogens with two attached hydrogens (primary N) is 1. The van der Waals surface area contributed by atoms with Crippen LogP contribution in [0.5, 0.6) is 0 Å². The largest absolute Gasteiger partial charge is 0.329 e. The normalized spacial score (nSPS) is 19.6. The molecule has 1 aromatic carbocycles. The van der Waals surface area contributed by atoms with Gasteiger partial charge in [-0.1, -0.05) is 36.2 Å². The molecule has 3 nitrogen and oxygen atoms in total. The smallest absolute Gasteiger partial charge is 0.0595 e. The maximum absolute atomic E-state index is 6.10. The molecule has 0 radical (unpaired) electrons. The van der Waals surface area contributed by atoms with E-state index in [0.29, 0.717) is 16.6 Å². The van der Waals surface area contributed by atoms with E-state index in [1.165, 1.54) is 0 Å². The van der Waals surface area contributed by atoms with Gasteiger partial charge in [-0.3, -0.25) is 4.90 Å². The van der Waals surface area contributed by atoms with Gasteiger partial charge in [-0.05, 0) is 24.2 Å². The number of halogens is 2. The predicted molar refractivity (Wildman–Crippen MR) is 81.9 cm³/mol. The zero-order valence-electron chi connectivity index (χ0n) is 11.3. The molecule has 0 saturated carbocycles. The van der Waals surface area contributed by atoms with Crippen molar-refractivity contribution in [1.29, 1.82) is 0 Å². The van der Waals surface area contributed by atoms with Crippen LogP contribution in [0.15, 0.2) is 18.2 Å². The Hall–Kier alpha value is -0.320. The summed E-state index contributed by atoms with van der Waals surface area (Å²) in [5.74, 6) is 0. The third-order valence-corrected chi connectivity index (χ3v) is 4.59. The van der Waals surface area contributed by atoms with E-state index in [9.17, 15) is 0 Å². The molecule has 106 valence electrons. The number of hydrogen-bond acceptors (Lipinski definition) is 3. The molecule has 1 atom stereocenters. The van der Waals surface area contributed by atoms with Crippen LogP contribution in [0.3, 0.4) is 0 Å². The topological polar surface area (TPSA) is 32.5 Å². The zero-order valence-corrected chi connectivity index (χ0v) is 12.8. The van der Waals surface area contributed by atoms with Crippen molar-refractivity contribution in [3.63, 3.8) is 0 Å². The number of rotatable bonds is 4. The van der Waals surface area contributed by atoms with Gasteiger partial charge in [0.05, 0.1) is 10.0 Å². The Kier molecular flexibility index (Phi) is 5.48. The van der Waals surface area contributed by atoms with Crippen molar-refractivity contribution in [3.8, 4) is 0 Å². The fraction of sp³-hybridized carbons (Fsp3) is 0.571. The monoisotopic (exact) mass is 301 g/mol. The third-order valence-electron chi connectivity index (χ3n) is 3.85. The highest BCUT2D eigenvalue weighted by Crippen LogP contribution is 2.28. The van der Waals surface area contributed by atoms with E-state index in [1.54, 1.807) is 0 Å². The summed E-state index contributed by atoms with van der Waals surface area (Å²) in [7, 11) is 0. The summed E-state index contributed by atoms with van der Waals surface area (Å²) in [6.07, 6.45) is 0. The maximum atomic E-state index is 6.10. The second kappa shape index (κ2) is 6.91. The van der Waals surface area contributed by atoms with Crippen LogP contribution in [0.2, 0.25) is 10.0 Å². The van der Waals surface area contributed by atoms with Crippen molar-refractivity contribution < 1.29 is 0 Å². The fourth-order valence-electron chi connectivity index (χ4n) is 2.61. The molecule has 0 spiro atoms. The molecular weight excluding hydrogens is 281 g/mol. The third kappa shape index (κ3) is 3.61. The van der Waals surface area contributed by atoms with Crippen molar-refractivity contribution in [2.24, 2.45) is 5.73 Å². The maximum Gasteiger partial charge on any atom is 0.0595 e. The standard InChI is InChI=1S/C14H21Cl2N3/c1-2-18-5-7-19(8-6-18)14(10-17)11-3-4-12(15)13(16)9-11/h3-4,9,14H,2,5-8,10,17H2,1H3. The van der Waals surface area contributed by atoms with Gasteiger partial charge in [0.15, 0.2) is 0 Å². The Morgan fingerprint density at radius 3 is 2.37 bits per heavy atom. The van der Waals surface area contributed by atoms with Crippen LogP contribution in [0.4, 0.5) is 0 Å².